The number of nitrogens with one attached hydrogen (secondary N) is 1. The van der Waals surface area contributed by atoms with Gasteiger partial charge in [-0.25, -0.2) is 0 Å². The molecule has 17 heavy (non-hydrogen) atoms. The third-order valence-corrected chi connectivity index (χ3v) is 3.47. The molecule has 1 aromatic rings. The van der Waals surface area contributed by atoms with E-state index in [-0.39, 0.29) is 12.0 Å². The molecule has 1 heterocycles. The van der Waals surface area contributed by atoms with Gasteiger partial charge in [-0.1, -0.05) is 12.8 Å². The van der Waals surface area contributed by atoms with Crippen molar-refractivity contribution < 1.29 is 5.11 Å². The van der Waals surface area contributed by atoms with Crippen LogP contribution in [0.25, 0.3) is 0 Å². The van der Waals surface area contributed by atoms with Gasteiger partial charge in [-0.2, -0.15) is 10.4 Å². The predicted molar refractivity (Wildman–Crippen MR) is 63.2 cm³/mol. The van der Waals surface area contributed by atoms with Crippen molar-refractivity contribution in [2.45, 2.75) is 25.7 Å². The molecule has 0 bridgehead atoms. The fourth-order valence-corrected chi connectivity index (χ4v) is 2.34. The van der Waals surface area contributed by atoms with E-state index in [1.54, 1.807) is 6.07 Å². The molecule has 0 radical (unpaired) electrons. The molecule has 0 unspecified atom stereocenters. The third-order valence-electron chi connectivity index (χ3n) is 3.47. The van der Waals surface area contributed by atoms with Crippen molar-refractivity contribution >= 4 is 5.82 Å². The van der Waals surface area contributed by atoms with E-state index in [2.05, 4.69) is 21.6 Å². The lowest BCUT2D eigenvalue weighted by Crippen LogP contribution is -2.31. The summed E-state index contributed by atoms with van der Waals surface area (Å²) in [5.41, 5.74) is 0.440. The molecule has 2 N–H and O–H groups in total. The maximum absolute atomic E-state index is 9.48. The molecule has 1 aliphatic carbocycles. The third kappa shape index (κ3) is 2.53. The summed E-state index contributed by atoms with van der Waals surface area (Å²) in [5.74, 6) is 0.509. The molecule has 0 spiro atoms. The number of anilines is 1. The van der Waals surface area contributed by atoms with Gasteiger partial charge in [0.2, 0.25) is 0 Å². The molecule has 90 valence electrons. The zero-order chi connectivity index (χ0) is 12.1. The van der Waals surface area contributed by atoms with E-state index in [1.807, 2.05) is 0 Å². The first-order valence-electron chi connectivity index (χ1n) is 5.86. The Hall–Kier alpha value is -1.67. The Balaban J connectivity index is 2.04. The van der Waals surface area contributed by atoms with Crippen LogP contribution in [0.5, 0.6) is 0 Å². The van der Waals surface area contributed by atoms with E-state index in [4.69, 9.17) is 5.26 Å². The van der Waals surface area contributed by atoms with Crippen LogP contribution in [0.4, 0.5) is 5.82 Å². The van der Waals surface area contributed by atoms with Gasteiger partial charge in [0.05, 0.1) is 18.4 Å². The number of aliphatic hydroxyl groups excluding tert-OH is 1. The normalized spacial score (nSPS) is 17.6. The largest absolute Gasteiger partial charge is 0.396 e. The fraction of sp³-hybridized carbons (Fsp3) is 0.583. The van der Waals surface area contributed by atoms with Gasteiger partial charge in [-0.3, -0.25) is 0 Å². The quantitative estimate of drug-likeness (QED) is 0.818. The molecule has 5 heteroatoms. The Kier molecular flexibility index (Phi) is 3.55. The van der Waals surface area contributed by atoms with Crippen molar-refractivity contribution in [3.05, 3.63) is 17.8 Å². The molecule has 1 fully saturated rings. The molecule has 2 rings (SSSR count). The van der Waals surface area contributed by atoms with Gasteiger partial charge in [-0.05, 0) is 18.9 Å². The van der Waals surface area contributed by atoms with Crippen LogP contribution in [-0.4, -0.2) is 28.5 Å². The first-order chi connectivity index (χ1) is 8.29. The number of aliphatic hydroxyl groups is 1. The average molecular weight is 232 g/mol. The minimum Gasteiger partial charge on any atom is -0.396 e. The summed E-state index contributed by atoms with van der Waals surface area (Å²) in [6, 6.07) is 3.71. The van der Waals surface area contributed by atoms with E-state index in [0.29, 0.717) is 17.9 Å². The Morgan fingerprint density at radius 2 is 2.24 bits per heavy atom. The minimum atomic E-state index is -0.0513. The molecule has 0 aromatic carbocycles. The van der Waals surface area contributed by atoms with Crippen molar-refractivity contribution in [2.75, 3.05) is 18.5 Å². The lowest BCUT2D eigenvalue weighted by atomic mass is 9.87. The number of nitriles is 1. The Labute approximate surface area is 100 Å². The van der Waals surface area contributed by atoms with Crippen LogP contribution < -0.4 is 5.32 Å². The smallest absolute Gasteiger partial charge is 0.166 e. The van der Waals surface area contributed by atoms with Crippen molar-refractivity contribution in [1.29, 1.82) is 5.26 Å². The molecule has 5 nitrogen and oxygen atoms in total. The van der Waals surface area contributed by atoms with E-state index in [9.17, 15) is 5.11 Å². The molecule has 1 aliphatic rings. The van der Waals surface area contributed by atoms with E-state index in [0.717, 1.165) is 25.7 Å². The molecule has 1 saturated carbocycles. The lowest BCUT2D eigenvalue weighted by molar-refractivity contribution is 0.142. The van der Waals surface area contributed by atoms with Crippen LogP contribution in [0.15, 0.2) is 12.3 Å². The molecule has 0 aliphatic heterocycles. The van der Waals surface area contributed by atoms with Crippen molar-refractivity contribution in [3.8, 4) is 6.07 Å². The van der Waals surface area contributed by atoms with Crippen LogP contribution in [-0.2, 0) is 0 Å². The zero-order valence-electron chi connectivity index (χ0n) is 9.69. The SMILES string of the molecule is N#Cc1ccnnc1NCC1(CO)CCCC1. The highest BCUT2D eigenvalue weighted by Gasteiger charge is 2.33. The summed E-state index contributed by atoms with van der Waals surface area (Å²) in [7, 11) is 0. The van der Waals surface area contributed by atoms with Crippen molar-refractivity contribution in [3.63, 3.8) is 0 Å². The second-order valence-electron chi connectivity index (χ2n) is 4.62. The van der Waals surface area contributed by atoms with E-state index >= 15 is 0 Å². The van der Waals surface area contributed by atoms with Gasteiger partial charge in [0, 0.05) is 12.0 Å². The van der Waals surface area contributed by atoms with Crippen LogP contribution in [0, 0.1) is 16.7 Å². The number of hydrogen-bond donors (Lipinski definition) is 2. The maximum Gasteiger partial charge on any atom is 0.166 e. The van der Waals surface area contributed by atoms with Gasteiger partial charge in [0.25, 0.3) is 0 Å². The van der Waals surface area contributed by atoms with Crippen molar-refractivity contribution in [2.24, 2.45) is 5.41 Å². The van der Waals surface area contributed by atoms with Gasteiger partial charge in [0.1, 0.15) is 6.07 Å². The lowest BCUT2D eigenvalue weighted by Gasteiger charge is -2.26. The van der Waals surface area contributed by atoms with Gasteiger partial charge in [-0.15, -0.1) is 5.10 Å². The second-order valence-corrected chi connectivity index (χ2v) is 4.62. The highest BCUT2D eigenvalue weighted by molar-refractivity contribution is 5.50. The molecular formula is C12H16N4O. The Morgan fingerprint density at radius 1 is 1.47 bits per heavy atom. The average Bonchev–Trinajstić information content (AvgIpc) is 2.86. The van der Waals surface area contributed by atoms with Gasteiger partial charge >= 0.3 is 0 Å². The van der Waals surface area contributed by atoms with Crippen LogP contribution in [0.1, 0.15) is 31.2 Å². The molecule has 0 amide bonds. The molecular weight excluding hydrogens is 216 g/mol. The number of aromatic nitrogens is 2. The Bertz CT molecular complexity index is 421. The summed E-state index contributed by atoms with van der Waals surface area (Å²) < 4.78 is 0. The zero-order valence-corrected chi connectivity index (χ0v) is 9.69. The fourth-order valence-electron chi connectivity index (χ4n) is 2.34. The molecule has 1 aromatic heterocycles. The standard InChI is InChI=1S/C12H16N4O/c13-7-10-3-6-15-16-11(10)14-8-12(9-17)4-1-2-5-12/h3,6,17H,1-2,4-5,8-9H2,(H,14,16). The first-order valence-corrected chi connectivity index (χ1v) is 5.86. The maximum atomic E-state index is 9.48. The highest BCUT2D eigenvalue weighted by Crippen LogP contribution is 2.37. The van der Waals surface area contributed by atoms with Crippen molar-refractivity contribution in [1.82, 2.24) is 10.2 Å². The summed E-state index contributed by atoms with van der Waals surface area (Å²) in [6.45, 7) is 0.832. The van der Waals surface area contributed by atoms with Crippen LogP contribution in [0.2, 0.25) is 0 Å². The number of rotatable bonds is 4. The van der Waals surface area contributed by atoms with Gasteiger partial charge < -0.3 is 10.4 Å². The van der Waals surface area contributed by atoms with E-state index in [1.165, 1.54) is 6.20 Å². The molecule has 0 atom stereocenters. The molecule has 0 saturated heterocycles. The Morgan fingerprint density at radius 3 is 2.88 bits per heavy atom. The number of hydrogen-bond acceptors (Lipinski definition) is 5. The summed E-state index contributed by atoms with van der Waals surface area (Å²) in [5, 5.41) is 29.2. The summed E-state index contributed by atoms with van der Waals surface area (Å²) in [6.07, 6.45) is 5.88. The summed E-state index contributed by atoms with van der Waals surface area (Å²) >= 11 is 0. The highest BCUT2D eigenvalue weighted by atomic mass is 16.3. The number of nitrogens with zero attached hydrogens (tertiary/aromatic N) is 3. The topological polar surface area (TPSA) is 81.8 Å². The van der Waals surface area contributed by atoms with Crippen LogP contribution >= 0.6 is 0 Å². The van der Waals surface area contributed by atoms with Crippen LogP contribution in [0.3, 0.4) is 0 Å². The first kappa shape index (κ1) is 11.8. The minimum absolute atomic E-state index is 0.0513. The monoisotopic (exact) mass is 232 g/mol. The van der Waals surface area contributed by atoms with E-state index < -0.39 is 0 Å². The second kappa shape index (κ2) is 5.11. The predicted octanol–water partition coefficient (Wildman–Crippen LogP) is 1.31. The van der Waals surface area contributed by atoms with Gasteiger partial charge in [0.15, 0.2) is 5.82 Å². The summed E-state index contributed by atoms with van der Waals surface area (Å²) in [4.78, 5) is 0.